The van der Waals surface area contributed by atoms with Crippen molar-refractivity contribution in [3.05, 3.63) is 17.7 Å². The fraction of sp³-hybridized carbons (Fsp3) is 0.647. The quantitative estimate of drug-likeness (QED) is 0.583. The Kier molecular flexibility index (Phi) is 6.18. The average molecular weight is 293 g/mol. The Morgan fingerprint density at radius 3 is 2.57 bits per heavy atom. The minimum Gasteiger partial charge on any atom is -0.486 e. The zero-order valence-corrected chi connectivity index (χ0v) is 13.2. The molecule has 1 aliphatic rings. The van der Waals surface area contributed by atoms with E-state index in [1.54, 1.807) is 0 Å². The van der Waals surface area contributed by atoms with E-state index in [2.05, 4.69) is 13.8 Å². The Morgan fingerprint density at radius 2 is 1.86 bits per heavy atom. The van der Waals surface area contributed by atoms with E-state index in [1.165, 1.54) is 25.7 Å². The van der Waals surface area contributed by atoms with E-state index >= 15 is 0 Å². The van der Waals surface area contributed by atoms with Gasteiger partial charge in [-0.2, -0.15) is 0 Å². The molecule has 1 aromatic carbocycles. The van der Waals surface area contributed by atoms with Gasteiger partial charge >= 0.3 is 0 Å². The summed E-state index contributed by atoms with van der Waals surface area (Å²) in [7, 11) is 0. The number of fused-ring (bicyclic) bond motifs is 1. The molecule has 0 saturated heterocycles. The molecule has 0 spiro atoms. The number of anilines is 1. The van der Waals surface area contributed by atoms with Crippen LogP contribution in [0, 0.1) is 0 Å². The Bertz CT molecular complexity index is 448. The Morgan fingerprint density at radius 1 is 1.14 bits per heavy atom. The molecule has 0 bridgehead atoms. The standard InChI is InChI=1S/C17H27NO3/c1-3-4-5-6-7-13(2)21-12-14-10-16-17(11-15(14)18)20-9-8-19-16/h10-11,13H,3-9,12,18H2,1-2H3. The molecule has 0 aliphatic carbocycles. The molecule has 21 heavy (non-hydrogen) atoms. The largest absolute Gasteiger partial charge is 0.486 e. The van der Waals surface area contributed by atoms with Gasteiger partial charge in [0, 0.05) is 17.3 Å². The van der Waals surface area contributed by atoms with Gasteiger partial charge in [0.2, 0.25) is 0 Å². The van der Waals surface area contributed by atoms with E-state index in [1.807, 2.05) is 12.1 Å². The lowest BCUT2D eigenvalue weighted by atomic mass is 10.1. The molecular weight excluding hydrogens is 266 g/mol. The van der Waals surface area contributed by atoms with Crippen LogP contribution in [0.4, 0.5) is 5.69 Å². The average Bonchev–Trinajstić information content (AvgIpc) is 2.49. The monoisotopic (exact) mass is 293 g/mol. The summed E-state index contributed by atoms with van der Waals surface area (Å²) < 4.78 is 17.0. The van der Waals surface area contributed by atoms with E-state index in [0.29, 0.717) is 25.5 Å². The van der Waals surface area contributed by atoms with Gasteiger partial charge in [-0.1, -0.05) is 32.6 Å². The number of ether oxygens (including phenoxy) is 3. The fourth-order valence-electron chi connectivity index (χ4n) is 2.45. The maximum atomic E-state index is 6.05. The highest BCUT2D eigenvalue weighted by atomic mass is 16.6. The summed E-state index contributed by atoms with van der Waals surface area (Å²) in [5.41, 5.74) is 7.73. The van der Waals surface area contributed by atoms with Gasteiger partial charge in [0.15, 0.2) is 11.5 Å². The van der Waals surface area contributed by atoms with Crippen molar-refractivity contribution >= 4 is 5.69 Å². The number of unbranched alkanes of at least 4 members (excludes halogenated alkanes) is 3. The first kappa shape index (κ1) is 16.0. The molecule has 4 nitrogen and oxygen atoms in total. The van der Waals surface area contributed by atoms with Gasteiger partial charge in [0.1, 0.15) is 13.2 Å². The Hall–Kier alpha value is -1.42. The van der Waals surface area contributed by atoms with E-state index < -0.39 is 0 Å². The van der Waals surface area contributed by atoms with E-state index in [9.17, 15) is 0 Å². The van der Waals surface area contributed by atoms with Crippen LogP contribution in [-0.2, 0) is 11.3 Å². The minimum absolute atomic E-state index is 0.259. The molecule has 0 fully saturated rings. The second-order valence-electron chi connectivity index (χ2n) is 5.67. The third kappa shape index (κ3) is 4.81. The van der Waals surface area contributed by atoms with Crippen molar-refractivity contribution in [2.75, 3.05) is 18.9 Å². The summed E-state index contributed by atoms with van der Waals surface area (Å²) in [5, 5.41) is 0. The summed E-state index contributed by atoms with van der Waals surface area (Å²) >= 11 is 0. The molecule has 1 heterocycles. The SMILES string of the molecule is CCCCCCC(C)OCc1cc2c(cc1N)OCCO2. The predicted molar refractivity (Wildman–Crippen MR) is 84.9 cm³/mol. The lowest BCUT2D eigenvalue weighted by Gasteiger charge is -2.21. The third-order valence-electron chi connectivity index (χ3n) is 3.79. The van der Waals surface area contributed by atoms with Gasteiger partial charge in [-0.3, -0.25) is 0 Å². The topological polar surface area (TPSA) is 53.7 Å². The van der Waals surface area contributed by atoms with Crippen LogP contribution in [0.3, 0.4) is 0 Å². The summed E-state index contributed by atoms with van der Waals surface area (Å²) in [6.45, 7) is 6.05. The summed E-state index contributed by atoms with van der Waals surface area (Å²) in [6.07, 6.45) is 6.45. The van der Waals surface area contributed by atoms with Crippen LogP contribution in [0.25, 0.3) is 0 Å². The number of benzene rings is 1. The van der Waals surface area contributed by atoms with Crippen LogP contribution in [-0.4, -0.2) is 19.3 Å². The van der Waals surface area contributed by atoms with Gasteiger partial charge in [0.05, 0.1) is 12.7 Å². The molecule has 118 valence electrons. The molecule has 4 heteroatoms. The summed E-state index contributed by atoms with van der Waals surface area (Å²) in [4.78, 5) is 0. The van der Waals surface area contributed by atoms with Crippen molar-refractivity contribution in [3.63, 3.8) is 0 Å². The number of nitrogen functional groups attached to an aromatic ring is 1. The number of hydrogen-bond donors (Lipinski definition) is 1. The number of hydrogen-bond acceptors (Lipinski definition) is 4. The van der Waals surface area contributed by atoms with Gasteiger partial charge in [-0.05, 0) is 19.4 Å². The van der Waals surface area contributed by atoms with Crippen LogP contribution < -0.4 is 15.2 Å². The van der Waals surface area contributed by atoms with Crippen molar-refractivity contribution in [1.29, 1.82) is 0 Å². The summed E-state index contributed by atoms with van der Waals surface area (Å²) in [5.74, 6) is 1.50. The second-order valence-corrected chi connectivity index (χ2v) is 5.67. The molecule has 0 aromatic heterocycles. The van der Waals surface area contributed by atoms with E-state index in [0.717, 1.165) is 23.5 Å². The van der Waals surface area contributed by atoms with Crippen molar-refractivity contribution in [1.82, 2.24) is 0 Å². The lowest BCUT2D eigenvalue weighted by Crippen LogP contribution is -2.16. The summed E-state index contributed by atoms with van der Waals surface area (Å²) in [6, 6.07) is 3.77. The fourth-order valence-corrected chi connectivity index (χ4v) is 2.45. The van der Waals surface area contributed by atoms with Gasteiger partial charge in [-0.25, -0.2) is 0 Å². The Labute approximate surface area is 127 Å². The highest BCUT2D eigenvalue weighted by molar-refractivity contribution is 5.58. The molecule has 0 amide bonds. The lowest BCUT2D eigenvalue weighted by molar-refractivity contribution is 0.0459. The maximum Gasteiger partial charge on any atom is 0.163 e. The maximum absolute atomic E-state index is 6.05. The number of rotatable bonds is 8. The molecule has 1 unspecified atom stereocenters. The normalized spacial score (nSPS) is 15.0. The van der Waals surface area contributed by atoms with Crippen LogP contribution in [0.2, 0.25) is 0 Å². The van der Waals surface area contributed by atoms with Gasteiger partial charge < -0.3 is 19.9 Å². The smallest absolute Gasteiger partial charge is 0.163 e. The predicted octanol–water partition coefficient (Wildman–Crippen LogP) is 3.92. The van der Waals surface area contributed by atoms with Crippen molar-refractivity contribution in [3.8, 4) is 11.5 Å². The second kappa shape index (κ2) is 8.13. The van der Waals surface area contributed by atoms with Crippen LogP contribution in [0.5, 0.6) is 11.5 Å². The third-order valence-corrected chi connectivity index (χ3v) is 3.79. The first-order valence-electron chi connectivity index (χ1n) is 8.00. The first-order valence-corrected chi connectivity index (χ1v) is 8.00. The van der Waals surface area contributed by atoms with Gasteiger partial charge in [-0.15, -0.1) is 0 Å². The van der Waals surface area contributed by atoms with Crippen molar-refractivity contribution < 1.29 is 14.2 Å². The molecule has 1 aliphatic heterocycles. The van der Waals surface area contributed by atoms with Crippen molar-refractivity contribution in [2.24, 2.45) is 0 Å². The highest BCUT2D eigenvalue weighted by Gasteiger charge is 2.15. The molecule has 1 aromatic rings. The molecule has 0 saturated carbocycles. The zero-order chi connectivity index (χ0) is 15.1. The molecule has 2 rings (SSSR count). The van der Waals surface area contributed by atoms with Crippen LogP contribution in [0.1, 0.15) is 51.5 Å². The molecule has 2 N–H and O–H groups in total. The molecule has 0 radical (unpaired) electrons. The van der Waals surface area contributed by atoms with Crippen molar-refractivity contribution in [2.45, 2.75) is 58.7 Å². The Balaban J connectivity index is 1.82. The minimum atomic E-state index is 0.259. The van der Waals surface area contributed by atoms with Crippen LogP contribution in [0.15, 0.2) is 12.1 Å². The van der Waals surface area contributed by atoms with E-state index in [4.69, 9.17) is 19.9 Å². The number of nitrogens with two attached hydrogens (primary N) is 1. The van der Waals surface area contributed by atoms with Gasteiger partial charge in [0.25, 0.3) is 0 Å². The zero-order valence-electron chi connectivity index (χ0n) is 13.2. The van der Waals surface area contributed by atoms with E-state index in [-0.39, 0.29) is 6.10 Å². The highest BCUT2D eigenvalue weighted by Crippen LogP contribution is 2.34. The van der Waals surface area contributed by atoms with Crippen LogP contribution >= 0.6 is 0 Å². The molecular formula is C17H27NO3. The first-order chi connectivity index (χ1) is 10.2. The molecule has 1 atom stereocenters.